The number of fused-ring (bicyclic) bond motifs is 1. The molecule has 7 heteroatoms. The maximum Gasteiger partial charge on any atom is 0.270 e. The van der Waals surface area contributed by atoms with Crippen molar-refractivity contribution in [1.29, 1.82) is 0 Å². The van der Waals surface area contributed by atoms with E-state index in [4.69, 9.17) is 0 Å². The van der Waals surface area contributed by atoms with E-state index in [0.29, 0.717) is 12.2 Å². The Kier molecular flexibility index (Phi) is 5.20. The van der Waals surface area contributed by atoms with Gasteiger partial charge in [-0.15, -0.1) is 0 Å². The Labute approximate surface area is 145 Å². The summed E-state index contributed by atoms with van der Waals surface area (Å²) >= 11 is 1.75. The highest BCUT2D eigenvalue weighted by molar-refractivity contribution is 7.98. The molecule has 0 spiro atoms. The van der Waals surface area contributed by atoms with Gasteiger partial charge in [-0.05, 0) is 43.6 Å². The molecule has 1 unspecified atom stereocenters. The highest BCUT2D eigenvalue weighted by Crippen LogP contribution is 2.20. The number of H-pyrrole nitrogens is 1. The molecule has 3 rings (SSSR count). The lowest BCUT2D eigenvalue weighted by atomic mass is 10.2. The lowest BCUT2D eigenvalue weighted by Crippen LogP contribution is -2.31. The topological polar surface area (TPSA) is 75.6 Å². The molecule has 126 valence electrons. The normalized spacial score (nSPS) is 12.4. The molecular weight excluding hydrogens is 322 g/mol. The smallest absolute Gasteiger partial charge is 0.270 e. The minimum Gasteiger partial charge on any atom is -0.341 e. The third-order valence-corrected chi connectivity index (χ3v) is 4.55. The molecule has 2 heterocycles. The number of aromatic amines is 1. The van der Waals surface area contributed by atoms with Crippen LogP contribution >= 0.6 is 11.8 Å². The molecule has 6 nitrogen and oxygen atoms in total. The van der Waals surface area contributed by atoms with Crippen LogP contribution in [0, 0.1) is 0 Å². The Morgan fingerprint density at radius 2 is 2.21 bits per heavy atom. The van der Waals surface area contributed by atoms with Crippen LogP contribution in [0.15, 0.2) is 36.5 Å². The van der Waals surface area contributed by atoms with Crippen LogP contribution in [0.25, 0.3) is 11.0 Å². The number of aromatic nitrogens is 4. The molecule has 0 saturated carbocycles. The number of hydrogen-bond donors (Lipinski definition) is 2. The van der Waals surface area contributed by atoms with Crippen molar-refractivity contribution in [3.63, 3.8) is 0 Å². The Balaban J connectivity index is 1.84. The molecule has 0 aliphatic heterocycles. The number of nitrogens with zero attached hydrogens (tertiary/aromatic N) is 3. The molecule has 3 aromatic rings. The number of imidazole rings is 1. The molecule has 2 aromatic heterocycles. The Hall–Kier alpha value is -2.28. The minimum atomic E-state index is -0.155. The van der Waals surface area contributed by atoms with Gasteiger partial charge in [0.15, 0.2) is 0 Å². The molecule has 0 aliphatic rings. The van der Waals surface area contributed by atoms with Gasteiger partial charge in [-0.3, -0.25) is 9.48 Å². The number of rotatable bonds is 7. The first-order valence-electron chi connectivity index (χ1n) is 7.99. The van der Waals surface area contributed by atoms with Crippen LogP contribution in [0.2, 0.25) is 0 Å². The summed E-state index contributed by atoms with van der Waals surface area (Å²) in [5, 5.41) is 7.26. The number of amides is 1. The minimum absolute atomic E-state index is 0.124. The third-order valence-electron chi connectivity index (χ3n) is 3.90. The van der Waals surface area contributed by atoms with Gasteiger partial charge in [0.05, 0.1) is 17.1 Å². The van der Waals surface area contributed by atoms with E-state index in [1.807, 2.05) is 31.2 Å². The summed E-state index contributed by atoms with van der Waals surface area (Å²) in [6, 6.07) is 9.48. The van der Waals surface area contributed by atoms with Gasteiger partial charge in [-0.2, -0.15) is 16.9 Å². The molecular formula is C17H21N5OS. The molecule has 0 radical (unpaired) electrons. The first-order valence-corrected chi connectivity index (χ1v) is 9.38. The largest absolute Gasteiger partial charge is 0.341 e. The number of hydrogen-bond acceptors (Lipinski definition) is 4. The highest BCUT2D eigenvalue weighted by Gasteiger charge is 2.20. The molecule has 24 heavy (non-hydrogen) atoms. The van der Waals surface area contributed by atoms with Crippen LogP contribution in [0.3, 0.4) is 0 Å². The average Bonchev–Trinajstić information content (AvgIpc) is 3.24. The van der Waals surface area contributed by atoms with Crippen LogP contribution in [0.1, 0.15) is 35.7 Å². The van der Waals surface area contributed by atoms with Crippen LogP contribution in [-0.2, 0) is 6.54 Å². The van der Waals surface area contributed by atoms with Crippen molar-refractivity contribution in [3.05, 3.63) is 48.0 Å². The molecule has 1 aromatic carbocycles. The number of nitrogens with one attached hydrogen (secondary N) is 2. The van der Waals surface area contributed by atoms with E-state index in [1.165, 1.54) is 0 Å². The van der Waals surface area contributed by atoms with Crippen molar-refractivity contribution in [2.24, 2.45) is 0 Å². The Morgan fingerprint density at radius 3 is 2.96 bits per heavy atom. The first-order chi connectivity index (χ1) is 11.7. The van der Waals surface area contributed by atoms with Crippen molar-refractivity contribution in [2.45, 2.75) is 25.9 Å². The van der Waals surface area contributed by atoms with E-state index in [2.05, 4.69) is 26.6 Å². The van der Waals surface area contributed by atoms with Crippen molar-refractivity contribution < 1.29 is 4.79 Å². The van der Waals surface area contributed by atoms with E-state index >= 15 is 0 Å². The zero-order valence-electron chi connectivity index (χ0n) is 13.8. The summed E-state index contributed by atoms with van der Waals surface area (Å²) in [4.78, 5) is 20.6. The van der Waals surface area contributed by atoms with Gasteiger partial charge in [-0.1, -0.05) is 12.1 Å². The molecule has 0 aliphatic carbocycles. The van der Waals surface area contributed by atoms with Crippen LogP contribution < -0.4 is 5.32 Å². The maximum atomic E-state index is 12.6. The third kappa shape index (κ3) is 3.46. The zero-order chi connectivity index (χ0) is 16.9. The molecule has 0 bridgehead atoms. The van der Waals surface area contributed by atoms with Crippen LogP contribution in [-0.4, -0.2) is 37.7 Å². The van der Waals surface area contributed by atoms with Crippen molar-refractivity contribution in [2.75, 3.05) is 12.0 Å². The lowest BCUT2D eigenvalue weighted by Gasteiger charge is -2.16. The average molecular weight is 343 g/mol. The quantitative estimate of drug-likeness (QED) is 0.691. The molecule has 0 fully saturated rings. The fraction of sp³-hybridized carbons (Fsp3) is 0.353. The van der Waals surface area contributed by atoms with Crippen molar-refractivity contribution in [3.8, 4) is 0 Å². The summed E-state index contributed by atoms with van der Waals surface area (Å²) < 4.78 is 1.69. The summed E-state index contributed by atoms with van der Waals surface area (Å²) in [7, 11) is 0. The molecule has 1 atom stereocenters. The molecule has 2 N–H and O–H groups in total. The van der Waals surface area contributed by atoms with Gasteiger partial charge in [0.1, 0.15) is 11.5 Å². The predicted octanol–water partition coefficient (Wildman–Crippen LogP) is 3.00. The van der Waals surface area contributed by atoms with E-state index in [1.54, 1.807) is 28.7 Å². The Morgan fingerprint density at radius 1 is 1.38 bits per heavy atom. The summed E-state index contributed by atoms with van der Waals surface area (Å²) in [6.45, 7) is 2.63. The monoisotopic (exact) mass is 343 g/mol. The summed E-state index contributed by atoms with van der Waals surface area (Å²) in [6.07, 6.45) is 4.52. The van der Waals surface area contributed by atoms with Gasteiger partial charge in [0, 0.05) is 12.7 Å². The van der Waals surface area contributed by atoms with Crippen molar-refractivity contribution >= 4 is 28.7 Å². The highest BCUT2D eigenvalue weighted by atomic mass is 32.2. The Bertz CT molecular complexity index is 792. The second-order valence-corrected chi connectivity index (χ2v) is 6.46. The second kappa shape index (κ2) is 7.53. The standard InChI is InChI=1S/C17H21N5OS/c1-3-22-15(8-10-18-22)17(23)21-14(9-11-24-2)16-19-12-6-4-5-7-13(12)20-16/h4-8,10,14H,3,9,11H2,1-2H3,(H,19,20)(H,21,23). The first kappa shape index (κ1) is 16.6. The van der Waals surface area contributed by atoms with Gasteiger partial charge < -0.3 is 10.3 Å². The zero-order valence-corrected chi connectivity index (χ0v) is 14.6. The second-order valence-electron chi connectivity index (χ2n) is 5.48. The number of aryl methyl sites for hydroxylation is 1. The van der Waals surface area contributed by atoms with E-state index < -0.39 is 0 Å². The van der Waals surface area contributed by atoms with Crippen molar-refractivity contribution in [1.82, 2.24) is 25.1 Å². The van der Waals surface area contributed by atoms with Gasteiger partial charge in [0.25, 0.3) is 5.91 Å². The number of thioether (sulfide) groups is 1. The fourth-order valence-corrected chi connectivity index (χ4v) is 3.13. The van der Waals surface area contributed by atoms with Gasteiger partial charge in [0.2, 0.25) is 0 Å². The number of benzene rings is 1. The maximum absolute atomic E-state index is 12.6. The number of carbonyl (C=O) groups is 1. The number of carbonyl (C=O) groups excluding carboxylic acids is 1. The van der Waals surface area contributed by atoms with Gasteiger partial charge in [-0.25, -0.2) is 4.98 Å². The lowest BCUT2D eigenvalue weighted by molar-refractivity contribution is 0.0923. The van der Waals surface area contributed by atoms with E-state index in [-0.39, 0.29) is 11.9 Å². The predicted molar refractivity (Wildman–Crippen MR) is 97.2 cm³/mol. The van der Waals surface area contributed by atoms with Crippen LogP contribution in [0.4, 0.5) is 0 Å². The molecule has 1 amide bonds. The van der Waals surface area contributed by atoms with E-state index in [0.717, 1.165) is 29.0 Å². The van der Waals surface area contributed by atoms with Crippen LogP contribution in [0.5, 0.6) is 0 Å². The molecule has 0 saturated heterocycles. The van der Waals surface area contributed by atoms with E-state index in [9.17, 15) is 4.79 Å². The number of para-hydroxylation sites is 2. The summed E-state index contributed by atoms with van der Waals surface area (Å²) in [5.74, 6) is 1.61. The fourth-order valence-electron chi connectivity index (χ4n) is 2.66. The summed E-state index contributed by atoms with van der Waals surface area (Å²) in [5.41, 5.74) is 2.46. The SMILES string of the molecule is CCn1nccc1C(=O)NC(CCSC)c1nc2ccccc2[nH]1. The van der Waals surface area contributed by atoms with Gasteiger partial charge >= 0.3 is 0 Å².